The molecule has 0 unspecified atom stereocenters. The van der Waals surface area contributed by atoms with Gasteiger partial charge in [-0.3, -0.25) is 4.79 Å². The van der Waals surface area contributed by atoms with Crippen molar-refractivity contribution in [2.24, 2.45) is 0 Å². The molecule has 0 amide bonds. The zero-order chi connectivity index (χ0) is 15.5. The molecule has 1 aromatic carbocycles. The number of phenols is 1. The van der Waals surface area contributed by atoms with Crippen LogP contribution in [0.4, 0.5) is 8.78 Å². The number of aromatic nitrogens is 1. The summed E-state index contributed by atoms with van der Waals surface area (Å²) in [7, 11) is 0. The molecule has 0 aliphatic heterocycles. The lowest BCUT2D eigenvalue weighted by molar-refractivity contribution is 0.0694. The molecule has 2 N–H and O–H groups in total. The van der Waals surface area contributed by atoms with Gasteiger partial charge in [0.25, 0.3) is 0 Å². The van der Waals surface area contributed by atoms with Gasteiger partial charge in [-0.15, -0.1) is 0 Å². The molecule has 2 atom stereocenters. The second-order valence-electron chi connectivity index (χ2n) is 5.13. The quantitative estimate of drug-likeness (QED) is 0.889. The van der Waals surface area contributed by atoms with Crippen molar-refractivity contribution < 1.29 is 23.8 Å². The van der Waals surface area contributed by atoms with Crippen LogP contribution in [-0.2, 0) is 0 Å². The minimum absolute atomic E-state index is 0.0349. The first-order valence-corrected chi connectivity index (χ1v) is 6.27. The molecule has 0 spiro atoms. The normalized spacial score (nSPS) is 20.7. The van der Waals surface area contributed by atoms with Crippen LogP contribution in [0.1, 0.15) is 28.4 Å². The number of halogens is 2. The molecule has 1 saturated carbocycles. The molecule has 0 bridgehead atoms. The number of aromatic hydroxyl groups is 1. The molecule has 1 heterocycles. The molecule has 5 nitrogen and oxygen atoms in total. The number of pyridine rings is 1. The van der Waals surface area contributed by atoms with Gasteiger partial charge in [0, 0.05) is 24.2 Å². The van der Waals surface area contributed by atoms with E-state index in [1.165, 1.54) is 11.5 Å². The number of carboxylic acid groups (broad SMARTS) is 1. The second kappa shape index (κ2) is 4.28. The van der Waals surface area contributed by atoms with E-state index in [4.69, 9.17) is 5.11 Å². The van der Waals surface area contributed by atoms with Gasteiger partial charge in [-0.1, -0.05) is 0 Å². The minimum Gasteiger partial charge on any atom is -0.507 e. The number of nitrogens with zero attached hydrogens (tertiary/aromatic N) is 1. The van der Waals surface area contributed by atoms with Crippen LogP contribution < -0.4 is 5.43 Å². The molecule has 21 heavy (non-hydrogen) atoms. The number of rotatable bonds is 2. The highest BCUT2D eigenvalue weighted by molar-refractivity contribution is 5.96. The lowest BCUT2D eigenvalue weighted by Crippen LogP contribution is -2.20. The summed E-state index contributed by atoms with van der Waals surface area (Å²) in [4.78, 5) is 23.3. The topological polar surface area (TPSA) is 79.5 Å². The number of hydrogen-bond acceptors (Lipinski definition) is 3. The number of carboxylic acids is 1. The summed E-state index contributed by atoms with van der Waals surface area (Å²) >= 11 is 0. The van der Waals surface area contributed by atoms with Gasteiger partial charge in [0.1, 0.15) is 23.3 Å². The van der Waals surface area contributed by atoms with Crippen molar-refractivity contribution in [1.29, 1.82) is 0 Å². The van der Waals surface area contributed by atoms with Crippen LogP contribution in [-0.4, -0.2) is 26.9 Å². The van der Waals surface area contributed by atoms with Gasteiger partial charge < -0.3 is 14.8 Å². The van der Waals surface area contributed by atoms with Crippen molar-refractivity contribution in [1.82, 2.24) is 4.57 Å². The molecular formula is C14H11F2NO4. The number of aryl methyl sites for hydroxylation is 1. The lowest BCUT2D eigenvalue weighted by atomic mass is 10.1. The van der Waals surface area contributed by atoms with Crippen molar-refractivity contribution in [3.05, 3.63) is 39.4 Å². The maximum absolute atomic E-state index is 13.8. The van der Waals surface area contributed by atoms with Crippen molar-refractivity contribution in [2.45, 2.75) is 25.6 Å². The van der Waals surface area contributed by atoms with E-state index >= 15 is 0 Å². The molecule has 110 valence electrons. The predicted molar refractivity (Wildman–Crippen MR) is 70.1 cm³/mol. The number of alkyl halides is 1. The number of fused-ring (bicyclic) bond motifs is 1. The van der Waals surface area contributed by atoms with Crippen molar-refractivity contribution in [3.8, 4) is 5.75 Å². The number of aromatic carboxylic acids is 1. The fourth-order valence-corrected chi connectivity index (χ4v) is 2.52. The first-order valence-electron chi connectivity index (χ1n) is 6.27. The molecule has 7 heteroatoms. The van der Waals surface area contributed by atoms with E-state index in [1.807, 2.05) is 0 Å². The third-order valence-corrected chi connectivity index (χ3v) is 3.74. The predicted octanol–water partition coefficient (Wildman–Crippen LogP) is 2.14. The SMILES string of the molecule is Cc1c(F)cc(O)c2c(=O)c(C(=O)O)cn([C@@H]3C[C@H]3F)c12. The third kappa shape index (κ3) is 1.88. The van der Waals surface area contributed by atoms with E-state index in [-0.39, 0.29) is 22.9 Å². The monoisotopic (exact) mass is 295 g/mol. The van der Waals surface area contributed by atoms with Crippen molar-refractivity contribution in [3.63, 3.8) is 0 Å². The highest BCUT2D eigenvalue weighted by Gasteiger charge is 2.40. The Bertz CT molecular complexity index is 843. The van der Waals surface area contributed by atoms with E-state index in [1.54, 1.807) is 0 Å². The first kappa shape index (κ1) is 13.5. The fraction of sp³-hybridized carbons (Fsp3) is 0.286. The molecule has 0 radical (unpaired) electrons. The zero-order valence-corrected chi connectivity index (χ0v) is 10.9. The Labute approximate surface area is 117 Å². The van der Waals surface area contributed by atoms with E-state index < -0.39 is 40.7 Å². The summed E-state index contributed by atoms with van der Waals surface area (Å²) in [6.45, 7) is 1.39. The second-order valence-corrected chi connectivity index (χ2v) is 5.13. The maximum atomic E-state index is 13.8. The lowest BCUT2D eigenvalue weighted by Gasteiger charge is -2.15. The Hall–Kier alpha value is -2.44. The fourth-order valence-electron chi connectivity index (χ4n) is 2.52. The van der Waals surface area contributed by atoms with Crippen LogP contribution in [0.3, 0.4) is 0 Å². The molecule has 2 aromatic rings. The summed E-state index contributed by atoms with van der Waals surface area (Å²) in [5.41, 5.74) is -1.39. The number of benzene rings is 1. The average Bonchev–Trinajstić information content (AvgIpc) is 3.12. The third-order valence-electron chi connectivity index (χ3n) is 3.74. The molecular weight excluding hydrogens is 284 g/mol. The summed E-state index contributed by atoms with van der Waals surface area (Å²) in [5.74, 6) is -2.87. The van der Waals surface area contributed by atoms with Crippen molar-refractivity contribution in [2.75, 3.05) is 0 Å². The van der Waals surface area contributed by atoms with Gasteiger partial charge in [0.05, 0.1) is 16.9 Å². The van der Waals surface area contributed by atoms with E-state index in [0.717, 1.165) is 12.3 Å². The largest absolute Gasteiger partial charge is 0.507 e. The van der Waals surface area contributed by atoms with Crippen LogP contribution >= 0.6 is 0 Å². The molecule has 1 fully saturated rings. The van der Waals surface area contributed by atoms with Gasteiger partial charge in [-0.2, -0.15) is 0 Å². The van der Waals surface area contributed by atoms with E-state index in [0.29, 0.717) is 0 Å². The summed E-state index contributed by atoms with van der Waals surface area (Å²) in [6, 6.07) is 0.112. The Balaban J connectivity index is 2.52. The smallest absolute Gasteiger partial charge is 0.341 e. The van der Waals surface area contributed by atoms with Crippen LogP contribution in [0.25, 0.3) is 10.9 Å². The van der Waals surface area contributed by atoms with Crippen LogP contribution in [0.15, 0.2) is 17.1 Å². The number of phenolic OH excluding ortho intramolecular Hbond substituents is 1. The molecule has 1 aliphatic rings. The molecule has 1 aromatic heterocycles. The Kier molecular flexibility index (Phi) is 2.76. The van der Waals surface area contributed by atoms with E-state index in [9.17, 15) is 23.5 Å². The molecule has 3 rings (SSSR count). The molecule has 1 aliphatic carbocycles. The Morgan fingerprint density at radius 3 is 2.62 bits per heavy atom. The zero-order valence-electron chi connectivity index (χ0n) is 10.9. The van der Waals surface area contributed by atoms with Crippen LogP contribution in [0, 0.1) is 12.7 Å². The average molecular weight is 295 g/mol. The van der Waals surface area contributed by atoms with E-state index in [2.05, 4.69) is 0 Å². The number of hydrogen-bond donors (Lipinski definition) is 2. The Morgan fingerprint density at radius 1 is 1.48 bits per heavy atom. The van der Waals surface area contributed by atoms with Gasteiger partial charge in [0.15, 0.2) is 0 Å². The maximum Gasteiger partial charge on any atom is 0.341 e. The first-order chi connectivity index (χ1) is 9.82. The van der Waals surface area contributed by atoms with Gasteiger partial charge in [-0.05, 0) is 6.92 Å². The molecule has 0 saturated heterocycles. The standard InChI is InChI=1S/C14H11F2NO4/c1-5-7(15)3-10(18)11-12(5)17(9-2-8(9)16)4-6(13(11)19)14(20)21/h3-4,8-9,18H,2H2,1H3,(H,20,21)/t8-,9-/m1/s1. The van der Waals surface area contributed by atoms with Crippen LogP contribution in [0.5, 0.6) is 5.75 Å². The highest BCUT2D eigenvalue weighted by Crippen LogP contribution is 2.42. The summed E-state index contributed by atoms with van der Waals surface area (Å²) in [6.07, 6.45) is -0.00111. The highest BCUT2D eigenvalue weighted by atomic mass is 19.1. The van der Waals surface area contributed by atoms with Gasteiger partial charge in [-0.25, -0.2) is 13.6 Å². The Morgan fingerprint density at radius 2 is 2.10 bits per heavy atom. The van der Waals surface area contributed by atoms with Crippen LogP contribution in [0.2, 0.25) is 0 Å². The van der Waals surface area contributed by atoms with Gasteiger partial charge in [0.2, 0.25) is 5.43 Å². The summed E-state index contributed by atoms with van der Waals surface area (Å²) in [5, 5.41) is 18.6. The number of carbonyl (C=O) groups is 1. The van der Waals surface area contributed by atoms with Crippen molar-refractivity contribution >= 4 is 16.9 Å². The minimum atomic E-state index is -1.48. The summed E-state index contributed by atoms with van der Waals surface area (Å²) < 4.78 is 28.4. The van der Waals surface area contributed by atoms with Gasteiger partial charge >= 0.3 is 5.97 Å².